The molecule has 0 atom stereocenters. The van der Waals surface area contributed by atoms with Gasteiger partial charge in [0.05, 0.1) is 13.7 Å². The van der Waals surface area contributed by atoms with E-state index in [1.165, 1.54) is 0 Å². The van der Waals surface area contributed by atoms with Crippen molar-refractivity contribution >= 4 is 40.0 Å². The Morgan fingerprint density at radius 2 is 1.86 bits per heavy atom. The second-order valence-electron chi connectivity index (χ2n) is 7.08. The summed E-state index contributed by atoms with van der Waals surface area (Å²) in [6.45, 7) is 2.94. The maximum absolute atomic E-state index is 12.9. The molecule has 1 fully saturated rings. The predicted molar refractivity (Wildman–Crippen MR) is 123 cm³/mol. The summed E-state index contributed by atoms with van der Waals surface area (Å²) in [4.78, 5) is 25.1. The standard InChI is InChI=1S/C22H26IN3O3/c1-29-17-7-5-16(6-8-17)22(28)18-3-2-4-19(21(18)23)25-14-20(27)26-13-15-9-11-24-12-10-15/h2-8,15,24-25H,9-14H2,1H3,(H,26,27). The third kappa shape index (κ3) is 5.93. The quantitative estimate of drug-likeness (QED) is 0.378. The summed E-state index contributed by atoms with van der Waals surface area (Å²) in [6.07, 6.45) is 2.20. The zero-order valence-corrected chi connectivity index (χ0v) is 18.6. The Morgan fingerprint density at radius 3 is 2.55 bits per heavy atom. The molecule has 0 aromatic heterocycles. The second-order valence-corrected chi connectivity index (χ2v) is 8.15. The Morgan fingerprint density at radius 1 is 1.14 bits per heavy atom. The summed E-state index contributed by atoms with van der Waals surface area (Å²) in [7, 11) is 1.59. The highest BCUT2D eigenvalue weighted by Gasteiger charge is 2.16. The molecule has 0 saturated carbocycles. The molecule has 0 bridgehead atoms. The van der Waals surface area contributed by atoms with Gasteiger partial charge in [-0.05, 0) is 90.8 Å². The van der Waals surface area contributed by atoms with Crippen molar-refractivity contribution in [3.05, 3.63) is 57.2 Å². The number of piperidine rings is 1. The van der Waals surface area contributed by atoms with Crippen molar-refractivity contribution in [3.63, 3.8) is 0 Å². The third-order valence-electron chi connectivity index (χ3n) is 5.08. The highest BCUT2D eigenvalue weighted by Crippen LogP contribution is 2.25. The Bertz CT molecular complexity index is 849. The van der Waals surface area contributed by atoms with Crippen molar-refractivity contribution in [1.82, 2.24) is 10.6 Å². The van der Waals surface area contributed by atoms with Gasteiger partial charge in [-0.1, -0.05) is 6.07 Å². The summed E-state index contributed by atoms with van der Waals surface area (Å²) < 4.78 is 5.95. The smallest absolute Gasteiger partial charge is 0.239 e. The van der Waals surface area contributed by atoms with E-state index in [0.717, 1.165) is 41.7 Å². The van der Waals surface area contributed by atoms with Gasteiger partial charge in [0, 0.05) is 26.9 Å². The van der Waals surface area contributed by atoms with Gasteiger partial charge >= 0.3 is 0 Å². The largest absolute Gasteiger partial charge is 0.497 e. The molecular formula is C22H26IN3O3. The number of hydrogen-bond donors (Lipinski definition) is 3. The van der Waals surface area contributed by atoms with E-state index in [9.17, 15) is 9.59 Å². The molecule has 7 heteroatoms. The molecule has 2 aromatic rings. The van der Waals surface area contributed by atoms with Crippen LogP contribution in [0, 0.1) is 9.49 Å². The lowest BCUT2D eigenvalue weighted by Gasteiger charge is -2.22. The first-order chi connectivity index (χ1) is 14.1. The first-order valence-electron chi connectivity index (χ1n) is 9.77. The maximum atomic E-state index is 12.9. The summed E-state index contributed by atoms with van der Waals surface area (Å²) >= 11 is 2.15. The number of ketones is 1. The molecule has 1 saturated heterocycles. The molecule has 0 radical (unpaired) electrons. The van der Waals surface area contributed by atoms with E-state index in [-0.39, 0.29) is 18.2 Å². The number of halogens is 1. The Hall–Kier alpha value is -2.13. The van der Waals surface area contributed by atoms with E-state index in [0.29, 0.717) is 22.8 Å². The number of hydrogen-bond acceptors (Lipinski definition) is 5. The van der Waals surface area contributed by atoms with E-state index >= 15 is 0 Å². The minimum atomic E-state index is -0.0592. The SMILES string of the molecule is COc1ccc(C(=O)c2cccc(NCC(=O)NCC3CCNCC3)c2I)cc1. The summed E-state index contributed by atoms with van der Waals surface area (Å²) in [5.74, 6) is 1.16. The minimum Gasteiger partial charge on any atom is -0.497 e. The lowest BCUT2D eigenvalue weighted by atomic mass is 9.98. The van der Waals surface area contributed by atoms with E-state index < -0.39 is 0 Å². The van der Waals surface area contributed by atoms with E-state index in [1.54, 1.807) is 37.4 Å². The van der Waals surface area contributed by atoms with Gasteiger partial charge in [-0.2, -0.15) is 0 Å². The molecule has 1 aliphatic heterocycles. The zero-order chi connectivity index (χ0) is 20.6. The third-order valence-corrected chi connectivity index (χ3v) is 6.24. The first-order valence-corrected chi connectivity index (χ1v) is 10.8. The fraction of sp³-hybridized carbons (Fsp3) is 0.364. The number of ether oxygens (including phenoxy) is 1. The monoisotopic (exact) mass is 507 g/mol. The number of methoxy groups -OCH3 is 1. The number of benzene rings is 2. The molecule has 0 aliphatic carbocycles. The van der Waals surface area contributed by atoms with Crippen LogP contribution in [-0.4, -0.2) is 45.0 Å². The van der Waals surface area contributed by atoms with Crippen LogP contribution in [0.3, 0.4) is 0 Å². The van der Waals surface area contributed by atoms with Crippen molar-refractivity contribution in [2.75, 3.05) is 38.6 Å². The van der Waals surface area contributed by atoms with Gasteiger partial charge in [-0.25, -0.2) is 0 Å². The topological polar surface area (TPSA) is 79.5 Å². The van der Waals surface area contributed by atoms with E-state index in [2.05, 4.69) is 38.5 Å². The first kappa shape index (κ1) is 21.6. The van der Waals surface area contributed by atoms with Crippen molar-refractivity contribution in [3.8, 4) is 5.75 Å². The molecule has 6 nitrogen and oxygen atoms in total. The van der Waals surface area contributed by atoms with Crippen LogP contribution in [0.5, 0.6) is 5.75 Å². The highest BCUT2D eigenvalue weighted by molar-refractivity contribution is 14.1. The molecule has 1 heterocycles. The number of carbonyl (C=O) groups is 2. The molecule has 0 spiro atoms. The van der Waals surface area contributed by atoms with Crippen molar-refractivity contribution < 1.29 is 14.3 Å². The summed E-state index contributed by atoms with van der Waals surface area (Å²) in [5.41, 5.74) is 1.98. The van der Waals surface area contributed by atoms with Gasteiger partial charge in [0.1, 0.15) is 5.75 Å². The Labute approximate surface area is 184 Å². The fourth-order valence-corrected chi connectivity index (χ4v) is 4.12. The molecular weight excluding hydrogens is 481 g/mol. The number of amides is 1. The summed E-state index contributed by atoms with van der Waals surface area (Å²) in [5, 5.41) is 9.49. The van der Waals surface area contributed by atoms with Crippen LogP contribution in [0.4, 0.5) is 5.69 Å². The fourth-order valence-electron chi connectivity index (χ4n) is 3.32. The molecule has 154 valence electrons. The van der Waals surface area contributed by atoms with E-state index in [4.69, 9.17) is 4.74 Å². The lowest BCUT2D eigenvalue weighted by molar-refractivity contribution is -0.119. The minimum absolute atomic E-state index is 0.0359. The van der Waals surface area contributed by atoms with Crippen molar-refractivity contribution in [1.29, 1.82) is 0 Å². The van der Waals surface area contributed by atoms with Crippen LogP contribution in [0.1, 0.15) is 28.8 Å². The number of nitrogens with one attached hydrogen (secondary N) is 3. The Balaban J connectivity index is 1.59. The zero-order valence-electron chi connectivity index (χ0n) is 16.5. The second kappa shape index (κ2) is 10.6. The molecule has 1 aliphatic rings. The van der Waals surface area contributed by atoms with Crippen LogP contribution in [0.25, 0.3) is 0 Å². The molecule has 2 aromatic carbocycles. The molecule has 3 N–H and O–H groups in total. The Kier molecular flexibility index (Phi) is 7.88. The highest BCUT2D eigenvalue weighted by atomic mass is 127. The van der Waals surface area contributed by atoms with Crippen LogP contribution in [-0.2, 0) is 4.79 Å². The summed E-state index contributed by atoms with van der Waals surface area (Å²) in [6, 6.07) is 12.6. The number of anilines is 1. The molecule has 0 unspecified atom stereocenters. The van der Waals surface area contributed by atoms with Crippen LogP contribution >= 0.6 is 22.6 Å². The number of carbonyl (C=O) groups excluding carboxylic acids is 2. The van der Waals surface area contributed by atoms with Gasteiger partial charge in [0.25, 0.3) is 0 Å². The lowest BCUT2D eigenvalue weighted by Crippen LogP contribution is -2.38. The molecule has 29 heavy (non-hydrogen) atoms. The van der Waals surface area contributed by atoms with Crippen LogP contribution in [0.15, 0.2) is 42.5 Å². The average Bonchev–Trinajstić information content (AvgIpc) is 2.77. The number of rotatable bonds is 8. The van der Waals surface area contributed by atoms with Gasteiger partial charge in [0.15, 0.2) is 5.78 Å². The molecule has 1 amide bonds. The predicted octanol–water partition coefficient (Wildman–Crippen LogP) is 3.06. The van der Waals surface area contributed by atoms with E-state index in [1.807, 2.05) is 12.1 Å². The van der Waals surface area contributed by atoms with Gasteiger partial charge in [-0.3, -0.25) is 9.59 Å². The van der Waals surface area contributed by atoms with Crippen molar-refractivity contribution in [2.24, 2.45) is 5.92 Å². The normalized spacial score (nSPS) is 14.3. The van der Waals surface area contributed by atoms with Gasteiger partial charge in [-0.15, -0.1) is 0 Å². The maximum Gasteiger partial charge on any atom is 0.239 e. The van der Waals surface area contributed by atoms with Gasteiger partial charge < -0.3 is 20.7 Å². The van der Waals surface area contributed by atoms with Gasteiger partial charge in [0.2, 0.25) is 5.91 Å². The average molecular weight is 507 g/mol. The molecule has 3 rings (SSSR count). The van der Waals surface area contributed by atoms with Crippen molar-refractivity contribution in [2.45, 2.75) is 12.8 Å². The van der Waals surface area contributed by atoms with Crippen LogP contribution in [0.2, 0.25) is 0 Å². The van der Waals surface area contributed by atoms with Crippen LogP contribution < -0.4 is 20.7 Å².